The highest BCUT2D eigenvalue weighted by atomic mass is 35.5. The molecule has 0 amide bonds. The standard InChI is InChI=1S/C13H19ClN2/c1-2-13(16-8-6-15-7-9-16)11-4-3-5-12(14)10-11/h3-5,10,13,15H,2,6-9H2,1H3/t13-/m0/s1. The number of nitrogens with zero attached hydrogens (tertiary/aromatic N) is 1. The monoisotopic (exact) mass is 238 g/mol. The molecule has 3 heteroatoms. The Hall–Kier alpha value is -0.570. The molecule has 2 rings (SSSR count). The van der Waals surface area contributed by atoms with E-state index in [4.69, 9.17) is 11.6 Å². The van der Waals surface area contributed by atoms with Gasteiger partial charge in [-0.1, -0.05) is 30.7 Å². The van der Waals surface area contributed by atoms with Crippen molar-refractivity contribution < 1.29 is 0 Å². The molecule has 0 bridgehead atoms. The van der Waals surface area contributed by atoms with Crippen molar-refractivity contribution in [1.29, 1.82) is 0 Å². The van der Waals surface area contributed by atoms with Gasteiger partial charge in [-0.3, -0.25) is 4.90 Å². The third-order valence-electron chi connectivity index (χ3n) is 3.21. The zero-order chi connectivity index (χ0) is 11.4. The van der Waals surface area contributed by atoms with Crippen LogP contribution in [0.4, 0.5) is 0 Å². The average molecular weight is 239 g/mol. The van der Waals surface area contributed by atoms with E-state index in [1.54, 1.807) is 0 Å². The van der Waals surface area contributed by atoms with E-state index in [0.29, 0.717) is 6.04 Å². The second-order valence-corrected chi connectivity index (χ2v) is 4.70. The van der Waals surface area contributed by atoms with Gasteiger partial charge in [-0.15, -0.1) is 0 Å². The summed E-state index contributed by atoms with van der Waals surface area (Å²) in [6.07, 6.45) is 1.14. The van der Waals surface area contributed by atoms with Crippen LogP contribution in [0.5, 0.6) is 0 Å². The fourth-order valence-electron chi connectivity index (χ4n) is 2.41. The van der Waals surface area contributed by atoms with Gasteiger partial charge < -0.3 is 5.32 Å². The van der Waals surface area contributed by atoms with E-state index in [1.165, 1.54) is 5.56 Å². The molecule has 1 aliphatic rings. The highest BCUT2D eigenvalue weighted by Crippen LogP contribution is 2.26. The van der Waals surface area contributed by atoms with Gasteiger partial charge >= 0.3 is 0 Å². The van der Waals surface area contributed by atoms with Crippen molar-refractivity contribution in [2.75, 3.05) is 26.2 Å². The number of nitrogens with one attached hydrogen (secondary N) is 1. The van der Waals surface area contributed by atoms with Crippen LogP contribution >= 0.6 is 11.6 Å². The fraction of sp³-hybridized carbons (Fsp3) is 0.538. The molecule has 0 aliphatic carbocycles. The minimum Gasteiger partial charge on any atom is -0.314 e. The zero-order valence-corrected chi connectivity index (χ0v) is 10.5. The van der Waals surface area contributed by atoms with E-state index in [9.17, 15) is 0 Å². The van der Waals surface area contributed by atoms with Crippen LogP contribution in [-0.4, -0.2) is 31.1 Å². The summed E-state index contributed by atoms with van der Waals surface area (Å²) < 4.78 is 0. The predicted molar refractivity (Wildman–Crippen MR) is 68.9 cm³/mol. The molecule has 0 radical (unpaired) electrons. The van der Waals surface area contributed by atoms with Gasteiger partial charge in [-0.2, -0.15) is 0 Å². The summed E-state index contributed by atoms with van der Waals surface area (Å²) in [6.45, 7) is 6.69. The number of halogens is 1. The van der Waals surface area contributed by atoms with Crippen LogP contribution in [0.25, 0.3) is 0 Å². The summed E-state index contributed by atoms with van der Waals surface area (Å²) in [5.74, 6) is 0. The highest BCUT2D eigenvalue weighted by molar-refractivity contribution is 6.30. The number of hydrogen-bond acceptors (Lipinski definition) is 2. The van der Waals surface area contributed by atoms with Gasteiger partial charge in [0.2, 0.25) is 0 Å². The van der Waals surface area contributed by atoms with E-state index in [0.717, 1.165) is 37.6 Å². The van der Waals surface area contributed by atoms with Crippen LogP contribution < -0.4 is 5.32 Å². The maximum Gasteiger partial charge on any atom is 0.0409 e. The summed E-state index contributed by atoms with van der Waals surface area (Å²) in [6, 6.07) is 8.78. The lowest BCUT2D eigenvalue weighted by Gasteiger charge is -2.34. The normalized spacial score (nSPS) is 19.6. The number of piperazine rings is 1. The highest BCUT2D eigenvalue weighted by Gasteiger charge is 2.20. The lowest BCUT2D eigenvalue weighted by molar-refractivity contribution is 0.169. The molecule has 0 spiro atoms. The summed E-state index contributed by atoms with van der Waals surface area (Å²) in [7, 11) is 0. The molecule has 1 heterocycles. The first-order valence-corrected chi connectivity index (χ1v) is 6.39. The van der Waals surface area contributed by atoms with Gasteiger partial charge in [0, 0.05) is 37.2 Å². The molecule has 1 aromatic rings. The minimum atomic E-state index is 0.515. The molecule has 1 atom stereocenters. The van der Waals surface area contributed by atoms with Crippen molar-refractivity contribution in [3.63, 3.8) is 0 Å². The van der Waals surface area contributed by atoms with Gasteiger partial charge in [-0.25, -0.2) is 0 Å². The molecule has 0 aromatic heterocycles. The van der Waals surface area contributed by atoms with Crippen molar-refractivity contribution in [3.8, 4) is 0 Å². The Morgan fingerprint density at radius 1 is 1.38 bits per heavy atom. The molecule has 0 saturated carbocycles. The molecule has 1 saturated heterocycles. The zero-order valence-electron chi connectivity index (χ0n) is 9.75. The van der Waals surface area contributed by atoms with Crippen molar-refractivity contribution in [2.45, 2.75) is 19.4 Å². The Bertz CT molecular complexity index is 334. The number of rotatable bonds is 3. The molecule has 16 heavy (non-hydrogen) atoms. The first kappa shape index (κ1) is 11.9. The van der Waals surface area contributed by atoms with Crippen LogP contribution in [0.2, 0.25) is 5.02 Å². The molecule has 0 unspecified atom stereocenters. The molecular weight excluding hydrogens is 220 g/mol. The summed E-state index contributed by atoms with van der Waals surface area (Å²) in [5, 5.41) is 4.23. The van der Waals surface area contributed by atoms with E-state index in [2.05, 4.69) is 29.3 Å². The third-order valence-corrected chi connectivity index (χ3v) is 3.45. The molecular formula is C13H19ClN2. The van der Waals surface area contributed by atoms with Crippen LogP contribution in [0.15, 0.2) is 24.3 Å². The van der Waals surface area contributed by atoms with E-state index < -0.39 is 0 Å². The van der Waals surface area contributed by atoms with Crippen LogP contribution in [0, 0.1) is 0 Å². The number of benzene rings is 1. The Kier molecular flexibility index (Phi) is 4.22. The van der Waals surface area contributed by atoms with Crippen molar-refractivity contribution in [3.05, 3.63) is 34.9 Å². The summed E-state index contributed by atoms with van der Waals surface area (Å²) in [5.41, 5.74) is 1.34. The average Bonchev–Trinajstić information content (AvgIpc) is 2.31. The molecule has 2 nitrogen and oxygen atoms in total. The first-order chi connectivity index (χ1) is 7.81. The lowest BCUT2D eigenvalue weighted by atomic mass is 10.0. The Morgan fingerprint density at radius 3 is 2.75 bits per heavy atom. The van der Waals surface area contributed by atoms with Crippen LogP contribution in [0.3, 0.4) is 0 Å². The first-order valence-electron chi connectivity index (χ1n) is 6.01. The van der Waals surface area contributed by atoms with Gasteiger partial charge in [0.15, 0.2) is 0 Å². The quantitative estimate of drug-likeness (QED) is 0.871. The second-order valence-electron chi connectivity index (χ2n) is 4.27. The topological polar surface area (TPSA) is 15.3 Å². The van der Waals surface area contributed by atoms with Gasteiger partial charge in [0.25, 0.3) is 0 Å². The number of hydrogen-bond donors (Lipinski definition) is 1. The Morgan fingerprint density at radius 2 is 2.12 bits per heavy atom. The molecule has 1 aromatic carbocycles. The van der Waals surface area contributed by atoms with Crippen LogP contribution in [-0.2, 0) is 0 Å². The minimum absolute atomic E-state index is 0.515. The predicted octanol–water partition coefficient (Wildman–Crippen LogP) is 2.70. The Labute approximate surface area is 103 Å². The fourth-order valence-corrected chi connectivity index (χ4v) is 2.61. The van der Waals surface area contributed by atoms with E-state index in [1.807, 2.05) is 12.1 Å². The molecule has 1 aliphatic heterocycles. The summed E-state index contributed by atoms with van der Waals surface area (Å²) in [4.78, 5) is 2.54. The van der Waals surface area contributed by atoms with Gasteiger partial charge in [0.05, 0.1) is 0 Å². The molecule has 88 valence electrons. The van der Waals surface area contributed by atoms with Gasteiger partial charge in [-0.05, 0) is 24.1 Å². The molecule has 1 N–H and O–H groups in total. The van der Waals surface area contributed by atoms with Crippen LogP contribution in [0.1, 0.15) is 24.9 Å². The third kappa shape index (κ3) is 2.76. The maximum atomic E-state index is 6.05. The maximum absolute atomic E-state index is 6.05. The van der Waals surface area contributed by atoms with E-state index in [-0.39, 0.29) is 0 Å². The van der Waals surface area contributed by atoms with E-state index >= 15 is 0 Å². The Balaban J connectivity index is 2.14. The van der Waals surface area contributed by atoms with Crippen molar-refractivity contribution in [2.24, 2.45) is 0 Å². The van der Waals surface area contributed by atoms with Crippen molar-refractivity contribution in [1.82, 2.24) is 10.2 Å². The summed E-state index contributed by atoms with van der Waals surface area (Å²) >= 11 is 6.05. The van der Waals surface area contributed by atoms with Crippen molar-refractivity contribution >= 4 is 11.6 Å². The molecule has 1 fully saturated rings. The second kappa shape index (κ2) is 5.67. The lowest BCUT2D eigenvalue weighted by Crippen LogP contribution is -2.45. The van der Waals surface area contributed by atoms with Gasteiger partial charge in [0.1, 0.15) is 0 Å². The SMILES string of the molecule is CC[C@@H](c1cccc(Cl)c1)N1CCNCC1. The largest absolute Gasteiger partial charge is 0.314 e. The smallest absolute Gasteiger partial charge is 0.0409 e.